The first kappa shape index (κ1) is 10.1. The smallest absolute Gasteiger partial charge is 0.271 e. The van der Waals surface area contributed by atoms with Gasteiger partial charge in [0.05, 0.1) is 4.92 Å². The fraction of sp³-hybridized carbons (Fsp3) is 0.111. The Morgan fingerprint density at radius 1 is 1.50 bits per heavy atom. The van der Waals surface area contributed by atoms with E-state index >= 15 is 0 Å². The Bertz CT molecular complexity index is 549. The lowest BCUT2D eigenvalue weighted by Crippen LogP contribution is -1.98. The highest BCUT2D eigenvalue weighted by Crippen LogP contribution is 2.27. The Hall–Kier alpha value is -2.44. The zero-order valence-corrected chi connectivity index (χ0v) is 8.49. The Morgan fingerprint density at radius 3 is 2.75 bits per heavy atom. The van der Waals surface area contributed by atoms with Gasteiger partial charge < -0.3 is 10.3 Å². The molecule has 0 atom stereocenters. The monoisotopic (exact) mass is 219 g/mol. The lowest BCUT2D eigenvalue weighted by molar-refractivity contribution is -0.384. The molecule has 2 rings (SSSR count). The van der Waals surface area contributed by atoms with E-state index < -0.39 is 4.92 Å². The minimum atomic E-state index is -0.489. The van der Waals surface area contributed by atoms with Gasteiger partial charge in [0.25, 0.3) is 5.69 Å². The summed E-state index contributed by atoms with van der Waals surface area (Å²) >= 11 is 0. The van der Waals surface area contributed by atoms with Crippen molar-refractivity contribution in [3.63, 3.8) is 0 Å². The molecule has 0 radical (unpaired) electrons. The van der Waals surface area contributed by atoms with E-state index in [1.807, 2.05) is 0 Å². The highest BCUT2D eigenvalue weighted by atomic mass is 16.6. The van der Waals surface area contributed by atoms with Crippen LogP contribution in [0.25, 0.3) is 11.4 Å². The third-order valence-corrected chi connectivity index (χ3v) is 2.20. The quantitative estimate of drug-likeness (QED) is 0.461. The summed E-state index contributed by atoms with van der Waals surface area (Å²) in [5.74, 6) is 0.576. The average Bonchev–Trinajstić information content (AvgIpc) is 2.64. The van der Waals surface area contributed by atoms with Gasteiger partial charge >= 0.3 is 0 Å². The number of nitrogens with zero attached hydrogens (tertiary/aromatic N) is 4. The van der Waals surface area contributed by atoms with Gasteiger partial charge in [-0.25, -0.2) is 0 Å². The van der Waals surface area contributed by atoms with Gasteiger partial charge in [-0.3, -0.25) is 10.1 Å². The fourth-order valence-electron chi connectivity index (χ4n) is 1.39. The number of nitrogens with two attached hydrogens (primary N) is 1. The molecule has 0 aliphatic carbocycles. The van der Waals surface area contributed by atoms with Crippen LogP contribution in [-0.4, -0.2) is 19.7 Å². The van der Waals surface area contributed by atoms with Crippen molar-refractivity contribution in [1.82, 2.24) is 14.8 Å². The Balaban J connectivity index is 2.52. The first-order chi connectivity index (χ1) is 7.59. The second-order valence-corrected chi connectivity index (χ2v) is 3.29. The molecule has 16 heavy (non-hydrogen) atoms. The third kappa shape index (κ3) is 1.58. The molecular formula is C9H9N5O2. The minimum absolute atomic E-state index is 0.0385. The number of benzene rings is 1. The van der Waals surface area contributed by atoms with Crippen LogP contribution in [0.5, 0.6) is 0 Å². The maximum Gasteiger partial charge on any atom is 0.271 e. The van der Waals surface area contributed by atoms with E-state index in [1.54, 1.807) is 17.7 Å². The molecule has 0 aliphatic rings. The molecule has 7 nitrogen and oxygen atoms in total. The van der Waals surface area contributed by atoms with E-state index in [0.717, 1.165) is 0 Å². The zero-order chi connectivity index (χ0) is 11.7. The lowest BCUT2D eigenvalue weighted by Gasteiger charge is -2.03. The Morgan fingerprint density at radius 2 is 2.25 bits per heavy atom. The highest BCUT2D eigenvalue weighted by Gasteiger charge is 2.12. The number of hydrogen-bond donors (Lipinski definition) is 1. The number of nitrogen functional groups attached to an aromatic ring is 1. The SMILES string of the molecule is Cn1cnnc1-c1ccc([N+](=O)[O-])cc1N. The standard InChI is InChI=1S/C9H9N5O2/c1-13-5-11-12-9(13)7-3-2-6(14(15)16)4-8(7)10/h2-5H,10H2,1H3. The van der Waals surface area contributed by atoms with Crippen molar-refractivity contribution in [2.45, 2.75) is 0 Å². The van der Waals surface area contributed by atoms with Gasteiger partial charge in [0, 0.05) is 30.4 Å². The summed E-state index contributed by atoms with van der Waals surface area (Å²) in [6.45, 7) is 0. The molecule has 7 heteroatoms. The number of hydrogen-bond acceptors (Lipinski definition) is 5. The predicted octanol–water partition coefficient (Wildman–Crippen LogP) is 0.972. The van der Waals surface area contributed by atoms with Gasteiger partial charge in [-0.1, -0.05) is 0 Å². The summed E-state index contributed by atoms with van der Waals surface area (Å²) in [5, 5.41) is 18.1. The van der Waals surface area contributed by atoms with Crippen molar-refractivity contribution in [2.24, 2.45) is 7.05 Å². The molecule has 1 aromatic heterocycles. The highest BCUT2D eigenvalue weighted by molar-refractivity contribution is 5.73. The van der Waals surface area contributed by atoms with Gasteiger partial charge in [0.1, 0.15) is 6.33 Å². The molecule has 0 spiro atoms. The lowest BCUT2D eigenvalue weighted by atomic mass is 10.1. The molecule has 0 saturated carbocycles. The summed E-state index contributed by atoms with van der Waals surface area (Å²) in [6, 6.07) is 4.27. The number of rotatable bonds is 2. The van der Waals surface area contributed by atoms with Crippen molar-refractivity contribution in [3.8, 4) is 11.4 Å². The largest absolute Gasteiger partial charge is 0.398 e. The summed E-state index contributed by atoms with van der Waals surface area (Å²) in [4.78, 5) is 10.0. The summed E-state index contributed by atoms with van der Waals surface area (Å²) in [6.07, 6.45) is 1.54. The topological polar surface area (TPSA) is 99.9 Å². The normalized spacial score (nSPS) is 10.3. The molecule has 0 saturated heterocycles. The van der Waals surface area contributed by atoms with Crippen molar-refractivity contribution in [3.05, 3.63) is 34.6 Å². The van der Waals surface area contributed by atoms with Gasteiger partial charge in [-0.15, -0.1) is 10.2 Å². The summed E-state index contributed by atoms with van der Waals surface area (Å²) in [7, 11) is 1.77. The van der Waals surface area contributed by atoms with Crippen molar-refractivity contribution in [2.75, 3.05) is 5.73 Å². The van der Waals surface area contributed by atoms with Gasteiger partial charge in [0.2, 0.25) is 0 Å². The van der Waals surface area contributed by atoms with Crippen LogP contribution >= 0.6 is 0 Å². The molecule has 0 unspecified atom stereocenters. The van der Waals surface area contributed by atoms with E-state index in [9.17, 15) is 10.1 Å². The maximum absolute atomic E-state index is 10.5. The van der Waals surface area contributed by atoms with Gasteiger partial charge in [-0.05, 0) is 6.07 Å². The van der Waals surface area contributed by atoms with Crippen LogP contribution in [0.2, 0.25) is 0 Å². The van der Waals surface area contributed by atoms with E-state index in [4.69, 9.17) is 5.73 Å². The Kier molecular flexibility index (Phi) is 2.28. The number of aryl methyl sites for hydroxylation is 1. The molecule has 0 fully saturated rings. The van der Waals surface area contributed by atoms with Crippen LogP contribution < -0.4 is 5.73 Å². The third-order valence-electron chi connectivity index (χ3n) is 2.20. The maximum atomic E-state index is 10.5. The Labute approximate surface area is 90.7 Å². The molecule has 2 aromatic rings. The van der Waals surface area contributed by atoms with Crippen LogP contribution in [0.4, 0.5) is 11.4 Å². The molecular weight excluding hydrogens is 210 g/mol. The first-order valence-corrected chi connectivity index (χ1v) is 4.48. The zero-order valence-electron chi connectivity index (χ0n) is 8.49. The van der Waals surface area contributed by atoms with Crippen LogP contribution in [-0.2, 0) is 7.05 Å². The molecule has 82 valence electrons. The predicted molar refractivity (Wildman–Crippen MR) is 57.5 cm³/mol. The van der Waals surface area contributed by atoms with E-state index in [2.05, 4.69) is 10.2 Å². The first-order valence-electron chi connectivity index (χ1n) is 4.48. The summed E-state index contributed by atoms with van der Waals surface area (Å²) < 4.78 is 1.69. The van der Waals surface area contributed by atoms with Crippen LogP contribution in [0.3, 0.4) is 0 Å². The second-order valence-electron chi connectivity index (χ2n) is 3.29. The number of anilines is 1. The number of aromatic nitrogens is 3. The average molecular weight is 219 g/mol. The molecule has 0 amide bonds. The number of nitro groups is 1. The molecule has 0 aliphatic heterocycles. The van der Waals surface area contributed by atoms with Crippen LogP contribution in [0.15, 0.2) is 24.5 Å². The number of nitro benzene ring substituents is 1. The van der Waals surface area contributed by atoms with Crippen LogP contribution in [0.1, 0.15) is 0 Å². The molecule has 1 aromatic carbocycles. The van der Waals surface area contributed by atoms with Gasteiger partial charge in [0.15, 0.2) is 5.82 Å². The molecule has 2 N–H and O–H groups in total. The molecule has 1 heterocycles. The van der Waals surface area contributed by atoms with Crippen molar-refractivity contribution < 1.29 is 4.92 Å². The van der Waals surface area contributed by atoms with Gasteiger partial charge in [-0.2, -0.15) is 0 Å². The second kappa shape index (κ2) is 3.61. The fourth-order valence-corrected chi connectivity index (χ4v) is 1.39. The minimum Gasteiger partial charge on any atom is -0.398 e. The molecule has 0 bridgehead atoms. The van der Waals surface area contributed by atoms with Crippen LogP contribution in [0, 0.1) is 10.1 Å². The number of non-ortho nitro benzene ring substituents is 1. The summed E-state index contributed by atoms with van der Waals surface area (Å²) in [5.41, 5.74) is 6.64. The van der Waals surface area contributed by atoms with Crippen molar-refractivity contribution >= 4 is 11.4 Å². The van der Waals surface area contributed by atoms with Crippen molar-refractivity contribution in [1.29, 1.82) is 0 Å². The van der Waals surface area contributed by atoms with E-state index in [1.165, 1.54) is 18.5 Å². The van der Waals surface area contributed by atoms with E-state index in [-0.39, 0.29) is 5.69 Å². The van der Waals surface area contributed by atoms with E-state index in [0.29, 0.717) is 17.1 Å².